The molecule has 0 aromatic heterocycles. The molecular weight excluding hydrogens is 353 g/mol. The maximum atomic E-state index is 11.9. The van der Waals surface area contributed by atoms with Crippen LogP contribution in [0.2, 0.25) is 0 Å². The fraction of sp³-hybridized carbons (Fsp3) is 0.500. The van der Waals surface area contributed by atoms with E-state index in [1.54, 1.807) is 0 Å². The van der Waals surface area contributed by atoms with E-state index in [-0.39, 0.29) is 18.6 Å². The first kappa shape index (κ1) is 15.7. The molecule has 1 unspecified atom stereocenters. The highest BCUT2D eigenvalue weighted by molar-refractivity contribution is 6.76. The molecule has 1 amide bonds. The van der Waals surface area contributed by atoms with Gasteiger partial charge in [0.1, 0.15) is 0 Å². The molecule has 3 aliphatic rings. The van der Waals surface area contributed by atoms with Gasteiger partial charge in [-0.05, 0) is 6.08 Å². The van der Waals surface area contributed by atoms with Crippen LogP contribution in [0.5, 0.6) is 0 Å². The molecular formula is C12H14Cl3N5O2. The lowest BCUT2D eigenvalue weighted by atomic mass is 9.92. The Labute approximate surface area is 142 Å². The summed E-state index contributed by atoms with van der Waals surface area (Å²) in [4.78, 5) is 17.6. The van der Waals surface area contributed by atoms with Crippen molar-refractivity contribution in [2.24, 2.45) is 4.99 Å². The molecule has 22 heavy (non-hydrogen) atoms. The van der Waals surface area contributed by atoms with Gasteiger partial charge in [-0.15, -0.1) is 0 Å². The number of nitrogens with zero attached hydrogens (tertiary/aromatic N) is 2. The van der Waals surface area contributed by atoms with E-state index in [9.17, 15) is 9.90 Å². The highest BCUT2D eigenvalue weighted by Gasteiger charge is 2.56. The zero-order valence-electron chi connectivity index (χ0n) is 11.3. The minimum atomic E-state index is -2.13. The van der Waals surface area contributed by atoms with Crippen molar-refractivity contribution in [2.45, 2.75) is 21.5 Å². The zero-order chi connectivity index (χ0) is 16.1. The number of carbonyl (C=O) groups is 1. The number of aliphatic hydroxyl groups excluding tert-OH is 1. The van der Waals surface area contributed by atoms with Gasteiger partial charge in [-0.1, -0.05) is 47.5 Å². The molecule has 3 aliphatic heterocycles. The van der Waals surface area contributed by atoms with Gasteiger partial charge in [0.15, 0.2) is 5.66 Å². The van der Waals surface area contributed by atoms with Crippen molar-refractivity contribution in [2.75, 3.05) is 13.2 Å². The third-order valence-electron chi connectivity index (χ3n) is 3.88. The van der Waals surface area contributed by atoms with E-state index in [2.05, 4.69) is 27.5 Å². The average Bonchev–Trinajstić information content (AvgIpc) is 2.98. The molecule has 2 saturated heterocycles. The van der Waals surface area contributed by atoms with Crippen LogP contribution in [0.25, 0.3) is 0 Å². The monoisotopic (exact) mass is 365 g/mol. The van der Waals surface area contributed by atoms with Crippen molar-refractivity contribution in [3.8, 4) is 0 Å². The lowest BCUT2D eigenvalue weighted by Crippen LogP contribution is -2.74. The molecule has 10 heteroatoms. The standard InChI is InChI=1S/C12H14Cl3N5O2/c1-6-16-8-7(5-21)17-10(18-9(22)12(13,14)15)20-4-2-3-11(8,20)19-6/h2-3,7-8,16,19,21H,1,4-5H2,(H,17,18,22)/t7-,8-,11?/m0/s1. The zero-order valence-corrected chi connectivity index (χ0v) is 13.6. The van der Waals surface area contributed by atoms with Crippen LogP contribution in [-0.4, -0.2) is 56.6 Å². The van der Waals surface area contributed by atoms with Gasteiger partial charge < -0.3 is 26.0 Å². The molecule has 0 aliphatic carbocycles. The Kier molecular flexibility index (Phi) is 3.71. The van der Waals surface area contributed by atoms with Crippen LogP contribution in [0, 0.1) is 0 Å². The molecule has 0 aromatic rings. The highest BCUT2D eigenvalue weighted by atomic mass is 35.6. The second kappa shape index (κ2) is 5.19. The number of hydrogen-bond donors (Lipinski definition) is 4. The Morgan fingerprint density at radius 1 is 1.55 bits per heavy atom. The number of hydrogen-bond acceptors (Lipinski definition) is 4. The first-order valence-electron chi connectivity index (χ1n) is 6.54. The van der Waals surface area contributed by atoms with Crippen molar-refractivity contribution >= 4 is 46.7 Å². The van der Waals surface area contributed by atoms with Gasteiger partial charge in [0.25, 0.3) is 3.79 Å². The first-order chi connectivity index (χ1) is 10.3. The first-order valence-corrected chi connectivity index (χ1v) is 7.67. The van der Waals surface area contributed by atoms with Gasteiger partial charge in [-0.3, -0.25) is 4.79 Å². The topological polar surface area (TPSA) is 89.0 Å². The summed E-state index contributed by atoms with van der Waals surface area (Å²) in [5.74, 6) is -0.0432. The van der Waals surface area contributed by atoms with Gasteiger partial charge in [-0.25, -0.2) is 0 Å². The Morgan fingerprint density at radius 2 is 2.27 bits per heavy atom. The predicted molar refractivity (Wildman–Crippen MR) is 84.5 cm³/mol. The van der Waals surface area contributed by atoms with Gasteiger partial charge in [0, 0.05) is 6.54 Å². The van der Waals surface area contributed by atoms with Crippen LogP contribution in [0.4, 0.5) is 0 Å². The Morgan fingerprint density at radius 3 is 2.91 bits per heavy atom. The van der Waals surface area contributed by atoms with Crippen molar-refractivity contribution in [1.82, 2.24) is 20.9 Å². The average molecular weight is 367 g/mol. The molecule has 3 heterocycles. The van der Waals surface area contributed by atoms with Crippen LogP contribution in [0.15, 0.2) is 29.5 Å². The molecule has 0 bridgehead atoms. The Bertz CT molecular complexity index is 588. The fourth-order valence-corrected chi connectivity index (χ4v) is 3.14. The van der Waals surface area contributed by atoms with Crippen molar-refractivity contribution in [3.63, 3.8) is 0 Å². The van der Waals surface area contributed by atoms with E-state index in [4.69, 9.17) is 34.8 Å². The molecule has 2 fully saturated rings. The van der Waals surface area contributed by atoms with Crippen LogP contribution in [-0.2, 0) is 4.79 Å². The summed E-state index contributed by atoms with van der Waals surface area (Å²) in [6, 6.07) is -0.585. The Hall–Kier alpha value is -1.15. The van der Waals surface area contributed by atoms with Gasteiger partial charge >= 0.3 is 5.91 Å². The molecule has 3 rings (SSSR count). The molecule has 0 saturated carbocycles. The quantitative estimate of drug-likeness (QED) is 0.380. The number of carbonyl (C=O) groups excluding carboxylic acids is 1. The maximum absolute atomic E-state index is 11.9. The molecule has 7 nitrogen and oxygen atoms in total. The molecule has 1 spiro atoms. The van der Waals surface area contributed by atoms with E-state index >= 15 is 0 Å². The molecule has 0 radical (unpaired) electrons. The van der Waals surface area contributed by atoms with Crippen molar-refractivity contribution in [1.29, 1.82) is 0 Å². The number of alkyl halides is 3. The second-order valence-electron chi connectivity index (χ2n) is 5.24. The van der Waals surface area contributed by atoms with E-state index in [1.165, 1.54) is 0 Å². The molecule has 120 valence electrons. The third-order valence-corrected chi connectivity index (χ3v) is 4.37. The van der Waals surface area contributed by atoms with Crippen LogP contribution in [0.1, 0.15) is 0 Å². The summed E-state index contributed by atoms with van der Waals surface area (Å²) in [6.07, 6.45) is 3.87. The molecule has 0 aromatic carbocycles. The number of rotatable bonds is 1. The normalized spacial score (nSPS) is 34.8. The SMILES string of the molecule is C=C1N[C@H]2[C@H](CO)N/C(=N/C(=O)C(Cl)(Cl)Cl)N3CC=CC23N1. The third kappa shape index (κ3) is 2.32. The fourth-order valence-electron chi connectivity index (χ4n) is 3.01. The maximum Gasteiger partial charge on any atom is 0.300 e. The van der Waals surface area contributed by atoms with E-state index in [0.29, 0.717) is 12.4 Å². The molecule has 3 atom stereocenters. The summed E-state index contributed by atoms with van der Waals surface area (Å²) in [5, 5.41) is 19.1. The van der Waals surface area contributed by atoms with Crippen LogP contribution < -0.4 is 16.0 Å². The predicted octanol–water partition coefficient (Wildman–Crippen LogP) is -0.196. The highest BCUT2D eigenvalue weighted by Crippen LogP contribution is 2.35. The lowest BCUT2D eigenvalue weighted by Gasteiger charge is -2.48. The number of aliphatic hydroxyl groups is 1. The minimum absolute atomic E-state index is 0.170. The number of aliphatic imine (C=N–C) groups is 1. The van der Waals surface area contributed by atoms with Gasteiger partial charge in [0.05, 0.1) is 24.5 Å². The summed E-state index contributed by atoms with van der Waals surface area (Å²) >= 11 is 16.7. The number of halogens is 3. The van der Waals surface area contributed by atoms with Crippen molar-refractivity contribution < 1.29 is 9.90 Å². The summed E-state index contributed by atoms with van der Waals surface area (Å²) in [6.45, 7) is 4.21. The largest absolute Gasteiger partial charge is 0.394 e. The van der Waals surface area contributed by atoms with Crippen LogP contribution in [0.3, 0.4) is 0 Å². The minimum Gasteiger partial charge on any atom is -0.394 e. The summed E-state index contributed by atoms with van der Waals surface area (Å²) in [7, 11) is 0. The van der Waals surface area contributed by atoms with E-state index < -0.39 is 21.4 Å². The van der Waals surface area contributed by atoms with E-state index in [0.717, 1.165) is 0 Å². The van der Waals surface area contributed by atoms with Gasteiger partial charge in [0.2, 0.25) is 5.96 Å². The number of nitrogens with one attached hydrogen (secondary N) is 3. The number of amides is 1. The Balaban J connectivity index is 2.00. The lowest BCUT2D eigenvalue weighted by molar-refractivity contribution is -0.117. The molecule has 4 N–H and O–H groups in total. The summed E-state index contributed by atoms with van der Waals surface area (Å²) in [5.41, 5.74) is -0.664. The summed E-state index contributed by atoms with van der Waals surface area (Å²) < 4.78 is -2.13. The smallest absolute Gasteiger partial charge is 0.300 e. The number of guanidine groups is 1. The van der Waals surface area contributed by atoms with Gasteiger partial charge in [-0.2, -0.15) is 4.99 Å². The van der Waals surface area contributed by atoms with Crippen molar-refractivity contribution in [3.05, 3.63) is 24.6 Å². The van der Waals surface area contributed by atoms with E-state index in [1.807, 2.05) is 17.1 Å². The second-order valence-corrected chi connectivity index (χ2v) is 7.52. The van der Waals surface area contributed by atoms with Crippen LogP contribution >= 0.6 is 34.8 Å².